The summed E-state index contributed by atoms with van der Waals surface area (Å²) < 4.78 is 13.4. The zero-order valence-corrected chi connectivity index (χ0v) is 18.6. The third-order valence-electron chi connectivity index (χ3n) is 4.73. The van der Waals surface area contributed by atoms with Crippen LogP contribution in [0.5, 0.6) is 5.75 Å². The molecule has 10 heteroatoms. The molecule has 2 aromatic carbocycles. The number of benzene rings is 2. The lowest BCUT2D eigenvalue weighted by Gasteiger charge is -2.10. The second-order valence-corrected chi connectivity index (χ2v) is 8.82. The maximum Gasteiger partial charge on any atom is 0.257 e. The summed E-state index contributed by atoms with van der Waals surface area (Å²) in [7, 11) is 0. The van der Waals surface area contributed by atoms with Crippen molar-refractivity contribution in [3.05, 3.63) is 70.2 Å². The van der Waals surface area contributed by atoms with Crippen molar-refractivity contribution in [1.29, 1.82) is 0 Å². The molecule has 0 unspecified atom stereocenters. The predicted octanol–water partition coefficient (Wildman–Crippen LogP) is 5.84. The van der Waals surface area contributed by atoms with Gasteiger partial charge < -0.3 is 9.26 Å². The number of halogens is 2. The monoisotopic (exact) mass is 473 g/mol. The molecule has 1 aliphatic rings. The standard InChI is InChI=1S/C21H17Cl2N5O2S/c22-14-7-5-13(6-8-14)20-24-18(27-30-20)12-31-21-26-25-19(28(21)15-9-10-15)11-29-17-4-2-1-3-16(17)23/h1-8,15H,9-12H2. The lowest BCUT2D eigenvalue weighted by atomic mass is 10.2. The average molecular weight is 474 g/mol. The van der Waals surface area contributed by atoms with Crippen LogP contribution in [0.15, 0.2) is 58.2 Å². The molecule has 1 fully saturated rings. The summed E-state index contributed by atoms with van der Waals surface area (Å²) in [4.78, 5) is 4.47. The van der Waals surface area contributed by atoms with E-state index in [2.05, 4.69) is 24.9 Å². The molecular formula is C21H17Cl2N5O2S. The van der Waals surface area contributed by atoms with Gasteiger partial charge in [-0.15, -0.1) is 10.2 Å². The van der Waals surface area contributed by atoms with E-state index in [0.717, 1.165) is 29.4 Å². The van der Waals surface area contributed by atoms with E-state index in [-0.39, 0.29) is 0 Å². The van der Waals surface area contributed by atoms with Gasteiger partial charge in [-0.05, 0) is 49.2 Å². The van der Waals surface area contributed by atoms with Crippen molar-refractivity contribution >= 4 is 35.0 Å². The maximum atomic E-state index is 6.18. The molecule has 0 atom stereocenters. The molecule has 0 saturated heterocycles. The molecule has 2 aromatic heterocycles. The molecule has 0 N–H and O–H groups in total. The lowest BCUT2D eigenvalue weighted by molar-refractivity contribution is 0.288. The third-order valence-corrected chi connectivity index (χ3v) is 6.23. The zero-order valence-electron chi connectivity index (χ0n) is 16.2. The molecule has 7 nitrogen and oxygen atoms in total. The fraction of sp³-hybridized carbons (Fsp3) is 0.238. The number of rotatable bonds is 8. The first-order valence-corrected chi connectivity index (χ1v) is 11.4. The Kier molecular flexibility index (Phi) is 5.85. The van der Waals surface area contributed by atoms with Crippen molar-refractivity contribution in [3.63, 3.8) is 0 Å². The summed E-state index contributed by atoms with van der Waals surface area (Å²) in [5, 5.41) is 14.8. The molecule has 31 heavy (non-hydrogen) atoms. The van der Waals surface area contributed by atoms with Gasteiger partial charge >= 0.3 is 0 Å². The highest BCUT2D eigenvalue weighted by atomic mass is 35.5. The van der Waals surface area contributed by atoms with Crippen LogP contribution in [0.3, 0.4) is 0 Å². The van der Waals surface area contributed by atoms with Crippen LogP contribution < -0.4 is 4.74 Å². The highest BCUT2D eigenvalue weighted by Gasteiger charge is 2.30. The van der Waals surface area contributed by atoms with Gasteiger partial charge in [0, 0.05) is 16.6 Å². The molecule has 0 amide bonds. The first kappa shape index (κ1) is 20.4. The quantitative estimate of drug-likeness (QED) is 0.297. The van der Waals surface area contributed by atoms with Gasteiger partial charge in [-0.3, -0.25) is 4.57 Å². The first-order chi connectivity index (χ1) is 15.2. The summed E-state index contributed by atoms with van der Waals surface area (Å²) in [6.45, 7) is 0.302. The van der Waals surface area contributed by atoms with E-state index >= 15 is 0 Å². The Hall–Kier alpha value is -2.55. The summed E-state index contributed by atoms with van der Waals surface area (Å²) in [5.74, 6) is 2.98. The van der Waals surface area contributed by atoms with Crippen molar-refractivity contribution in [2.75, 3.05) is 0 Å². The second kappa shape index (κ2) is 8.90. The molecule has 0 bridgehead atoms. The van der Waals surface area contributed by atoms with Gasteiger partial charge in [0.2, 0.25) is 0 Å². The molecular weight excluding hydrogens is 457 g/mol. The van der Waals surface area contributed by atoms with E-state index in [1.807, 2.05) is 30.3 Å². The number of hydrogen-bond acceptors (Lipinski definition) is 7. The van der Waals surface area contributed by atoms with Crippen LogP contribution in [-0.4, -0.2) is 24.9 Å². The van der Waals surface area contributed by atoms with E-state index in [1.165, 1.54) is 11.8 Å². The van der Waals surface area contributed by atoms with Gasteiger partial charge in [-0.1, -0.05) is 52.3 Å². The van der Waals surface area contributed by atoms with Crippen LogP contribution in [0, 0.1) is 0 Å². The van der Waals surface area contributed by atoms with Gasteiger partial charge in [0.05, 0.1) is 10.8 Å². The zero-order chi connectivity index (χ0) is 21.2. The number of ether oxygens (including phenoxy) is 1. The molecule has 0 aliphatic heterocycles. The fourth-order valence-corrected chi connectivity index (χ4v) is 4.24. The molecule has 4 aromatic rings. The van der Waals surface area contributed by atoms with Gasteiger partial charge in [-0.25, -0.2) is 0 Å². The first-order valence-electron chi connectivity index (χ1n) is 9.70. The number of hydrogen-bond donors (Lipinski definition) is 0. The normalized spacial score (nSPS) is 13.5. The van der Waals surface area contributed by atoms with Crippen LogP contribution in [-0.2, 0) is 12.4 Å². The van der Waals surface area contributed by atoms with Crippen molar-refractivity contribution in [2.24, 2.45) is 0 Å². The van der Waals surface area contributed by atoms with E-state index < -0.39 is 0 Å². The van der Waals surface area contributed by atoms with Gasteiger partial charge in [0.1, 0.15) is 12.4 Å². The Balaban J connectivity index is 1.27. The fourth-order valence-electron chi connectivity index (χ4n) is 3.06. The van der Waals surface area contributed by atoms with Crippen LogP contribution in [0.25, 0.3) is 11.5 Å². The van der Waals surface area contributed by atoms with Crippen LogP contribution in [0.1, 0.15) is 30.5 Å². The Morgan fingerprint density at radius 1 is 1.06 bits per heavy atom. The van der Waals surface area contributed by atoms with Crippen molar-refractivity contribution in [3.8, 4) is 17.2 Å². The third kappa shape index (κ3) is 4.71. The van der Waals surface area contributed by atoms with Crippen molar-refractivity contribution in [1.82, 2.24) is 24.9 Å². The topological polar surface area (TPSA) is 78.9 Å². The SMILES string of the molecule is Clc1ccc(-c2nc(CSc3nnc(COc4ccccc4Cl)n3C3CC3)no2)cc1. The summed E-state index contributed by atoms with van der Waals surface area (Å²) in [6, 6.07) is 15.1. The lowest BCUT2D eigenvalue weighted by Crippen LogP contribution is -2.07. The smallest absolute Gasteiger partial charge is 0.257 e. The molecule has 1 aliphatic carbocycles. The van der Waals surface area contributed by atoms with E-state index in [1.54, 1.807) is 18.2 Å². The van der Waals surface area contributed by atoms with Gasteiger partial charge in [0.15, 0.2) is 16.8 Å². The molecule has 158 valence electrons. The molecule has 1 saturated carbocycles. The maximum absolute atomic E-state index is 6.18. The Labute approximate surface area is 192 Å². The van der Waals surface area contributed by atoms with Crippen LogP contribution >= 0.6 is 35.0 Å². The highest BCUT2D eigenvalue weighted by molar-refractivity contribution is 7.98. The van der Waals surface area contributed by atoms with Crippen LogP contribution in [0.2, 0.25) is 10.0 Å². The molecule has 0 radical (unpaired) electrons. The number of para-hydroxylation sites is 1. The van der Waals surface area contributed by atoms with E-state index in [0.29, 0.717) is 45.9 Å². The Bertz CT molecular complexity index is 1190. The average Bonchev–Trinajstić information content (AvgIpc) is 3.36. The summed E-state index contributed by atoms with van der Waals surface area (Å²) in [5.41, 5.74) is 0.827. The molecule has 0 spiro atoms. The number of nitrogens with zero attached hydrogens (tertiary/aromatic N) is 5. The van der Waals surface area contributed by atoms with Gasteiger partial charge in [-0.2, -0.15) is 4.98 Å². The van der Waals surface area contributed by atoms with Crippen molar-refractivity contribution < 1.29 is 9.26 Å². The summed E-state index contributed by atoms with van der Waals surface area (Å²) >= 11 is 13.6. The summed E-state index contributed by atoms with van der Waals surface area (Å²) in [6.07, 6.45) is 2.21. The van der Waals surface area contributed by atoms with Crippen LogP contribution in [0.4, 0.5) is 0 Å². The Morgan fingerprint density at radius 2 is 1.87 bits per heavy atom. The Morgan fingerprint density at radius 3 is 2.65 bits per heavy atom. The minimum atomic E-state index is 0.302. The second-order valence-electron chi connectivity index (χ2n) is 7.03. The number of thioether (sulfide) groups is 1. The largest absolute Gasteiger partial charge is 0.484 e. The van der Waals surface area contributed by atoms with E-state index in [4.69, 9.17) is 32.5 Å². The minimum absolute atomic E-state index is 0.302. The van der Waals surface area contributed by atoms with Crippen molar-refractivity contribution in [2.45, 2.75) is 36.4 Å². The minimum Gasteiger partial charge on any atom is -0.484 e. The van der Waals surface area contributed by atoms with E-state index in [9.17, 15) is 0 Å². The highest BCUT2D eigenvalue weighted by Crippen LogP contribution is 2.39. The number of aromatic nitrogens is 5. The molecule has 2 heterocycles. The van der Waals surface area contributed by atoms with Gasteiger partial charge in [0.25, 0.3) is 5.89 Å². The predicted molar refractivity (Wildman–Crippen MR) is 118 cm³/mol. The molecule has 5 rings (SSSR count).